The Labute approximate surface area is 106 Å². The molecule has 0 aliphatic heterocycles. The molecule has 0 saturated carbocycles. The van der Waals surface area contributed by atoms with E-state index >= 15 is 0 Å². The van der Waals surface area contributed by atoms with Crippen molar-refractivity contribution in [3.63, 3.8) is 0 Å². The van der Waals surface area contributed by atoms with Gasteiger partial charge in [0.25, 0.3) is 0 Å². The van der Waals surface area contributed by atoms with E-state index in [1.54, 1.807) is 6.08 Å². The normalized spacial score (nSPS) is 24.1. The van der Waals surface area contributed by atoms with Crippen molar-refractivity contribution >= 4 is 13.9 Å². The number of carbonyl (C=O) groups excluding carboxylic acids is 1. The van der Waals surface area contributed by atoms with E-state index in [-0.39, 0.29) is 5.78 Å². The van der Waals surface area contributed by atoms with Crippen molar-refractivity contribution in [2.75, 3.05) is 0 Å². The highest BCUT2D eigenvalue weighted by atomic mass is 28.3. The second-order valence-electron chi connectivity index (χ2n) is 5.73. The van der Waals surface area contributed by atoms with E-state index in [9.17, 15) is 4.79 Å². The molecule has 1 nitrogen and oxygen atoms in total. The second kappa shape index (κ2) is 6.02. The zero-order valence-corrected chi connectivity index (χ0v) is 12.1. The Morgan fingerprint density at radius 3 is 2.82 bits per heavy atom. The lowest BCUT2D eigenvalue weighted by atomic mass is 9.80. The van der Waals surface area contributed by atoms with Crippen LogP contribution in [0.5, 0.6) is 0 Å². The molecule has 1 aliphatic rings. The van der Waals surface area contributed by atoms with Crippen molar-refractivity contribution in [2.45, 2.75) is 38.9 Å². The lowest BCUT2D eigenvalue weighted by molar-refractivity contribution is -0.116. The van der Waals surface area contributed by atoms with Crippen molar-refractivity contribution in [2.24, 2.45) is 11.8 Å². The molecule has 1 aliphatic carbocycles. The summed E-state index contributed by atoms with van der Waals surface area (Å²) < 4.78 is 0. The molecule has 1 rings (SSSR count). The molecule has 0 radical (unpaired) electrons. The smallest absolute Gasteiger partial charge is 0.155 e. The van der Waals surface area contributed by atoms with Gasteiger partial charge in [0.05, 0.1) is 0 Å². The Morgan fingerprint density at radius 2 is 2.24 bits per heavy atom. The largest absolute Gasteiger partial charge is 0.295 e. The van der Waals surface area contributed by atoms with Gasteiger partial charge in [-0.15, -0.1) is 18.0 Å². The number of ketones is 1. The maximum Gasteiger partial charge on any atom is 0.155 e. The molecule has 0 unspecified atom stereocenters. The van der Waals surface area contributed by atoms with Gasteiger partial charge in [0.2, 0.25) is 0 Å². The molecular formula is C15H22OSi. The van der Waals surface area contributed by atoms with Crippen LogP contribution in [0.15, 0.2) is 24.8 Å². The number of hydrogen-bond donors (Lipinski definition) is 0. The molecule has 0 N–H and O–H groups in total. The second-order valence-corrected chi connectivity index (χ2v) is 10.5. The molecule has 0 aromatic heterocycles. The van der Waals surface area contributed by atoms with Crippen LogP contribution in [0.2, 0.25) is 19.6 Å². The highest BCUT2D eigenvalue weighted by molar-refractivity contribution is 6.83. The van der Waals surface area contributed by atoms with Crippen LogP contribution in [-0.2, 0) is 4.79 Å². The van der Waals surface area contributed by atoms with Crippen molar-refractivity contribution in [1.29, 1.82) is 0 Å². The Bertz CT molecular complexity index is 376. The fourth-order valence-electron chi connectivity index (χ4n) is 2.00. The molecular weight excluding hydrogens is 224 g/mol. The Morgan fingerprint density at radius 1 is 1.53 bits per heavy atom. The Balaban J connectivity index is 2.66. The predicted molar refractivity (Wildman–Crippen MR) is 76.3 cm³/mol. The van der Waals surface area contributed by atoms with Gasteiger partial charge in [-0.25, -0.2) is 0 Å². The van der Waals surface area contributed by atoms with Gasteiger partial charge >= 0.3 is 0 Å². The third-order valence-corrected chi connectivity index (χ3v) is 3.79. The van der Waals surface area contributed by atoms with E-state index < -0.39 is 8.07 Å². The van der Waals surface area contributed by atoms with Crippen LogP contribution in [0.4, 0.5) is 0 Å². The monoisotopic (exact) mass is 246 g/mol. The highest BCUT2D eigenvalue weighted by Gasteiger charge is 2.23. The first-order valence-electron chi connectivity index (χ1n) is 6.24. The van der Waals surface area contributed by atoms with Crippen LogP contribution in [0.3, 0.4) is 0 Å². The third kappa shape index (κ3) is 5.19. The van der Waals surface area contributed by atoms with Gasteiger partial charge in [-0.1, -0.05) is 31.8 Å². The Kier molecular flexibility index (Phi) is 4.96. The minimum atomic E-state index is -1.28. The van der Waals surface area contributed by atoms with Gasteiger partial charge in [0.1, 0.15) is 8.07 Å². The number of allylic oxidation sites excluding steroid dienone is 3. The average Bonchev–Trinajstić information content (AvgIpc) is 2.20. The number of rotatable bonds is 3. The van der Waals surface area contributed by atoms with Crippen LogP contribution < -0.4 is 0 Å². The number of carbonyl (C=O) groups is 1. The molecule has 0 bridgehead atoms. The van der Waals surface area contributed by atoms with Crippen LogP contribution in [0, 0.1) is 23.3 Å². The lowest BCUT2D eigenvalue weighted by Gasteiger charge is -2.24. The van der Waals surface area contributed by atoms with Crippen molar-refractivity contribution in [3.05, 3.63) is 24.8 Å². The molecule has 0 heterocycles. The Hall–Kier alpha value is -1.07. The molecule has 0 aromatic carbocycles. The summed E-state index contributed by atoms with van der Waals surface area (Å²) >= 11 is 0. The maximum atomic E-state index is 11.4. The topological polar surface area (TPSA) is 17.1 Å². The summed E-state index contributed by atoms with van der Waals surface area (Å²) in [4.78, 5) is 11.4. The SMILES string of the molecule is C=CC[C@@H]1C=CC(=O)C[C@H]1CC#C[Si](C)(C)C. The van der Waals surface area contributed by atoms with Crippen LogP contribution >= 0.6 is 0 Å². The van der Waals surface area contributed by atoms with Gasteiger partial charge in [-0.3, -0.25) is 4.79 Å². The van der Waals surface area contributed by atoms with Crippen molar-refractivity contribution in [3.8, 4) is 11.5 Å². The summed E-state index contributed by atoms with van der Waals surface area (Å²) in [6.07, 6.45) is 8.13. The molecule has 0 fully saturated rings. The molecule has 0 aromatic rings. The first-order valence-corrected chi connectivity index (χ1v) is 9.74. The van der Waals surface area contributed by atoms with Crippen LogP contribution in [0.25, 0.3) is 0 Å². The van der Waals surface area contributed by atoms with Gasteiger partial charge in [-0.2, -0.15) is 0 Å². The van der Waals surface area contributed by atoms with E-state index in [4.69, 9.17) is 0 Å². The summed E-state index contributed by atoms with van der Waals surface area (Å²) in [5.41, 5.74) is 3.37. The lowest BCUT2D eigenvalue weighted by Crippen LogP contribution is -2.21. The summed E-state index contributed by atoms with van der Waals surface area (Å²) in [5, 5.41) is 0. The standard InChI is InChI=1S/C15H22OSi/c1-5-7-13-9-10-15(16)12-14(13)8-6-11-17(2,3)4/h5,9-10,13-14H,1,7-8,12H2,2-4H3/t13-,14-/m1/s1. The zero-order chi connectivity index (χ0) is 12.9. The molecule has 0 spiro atoms. The molecule has 0 saturated heterocycles. The highest BCUT2D eigenvalue weighted by Crippen LogP contribution is 2.28. The summed E-state index contributed by atoms with van der Waals surface area (Å²) in [5.74, 6) is 4.37. The van der Waals surface area contributed by atoms with Gasteiger partial charge in [-0.05, 0) is 24.3 Å². The first-order chi connectivity index (χ1) is 7.92. The zero-order valence-electron chi connectivity index (χ0n) is 11.1. The minimum absolute atomic E-state index is 0.241. The van der Waals surface area contributed by atoms with Crippen molar-refractivity contribution in [1.82, 2.24) is 0 Å². The molecule has 0 amide bonds. The van der Waals surface area contributed by atoms with Gasteiger partial charge in [0.15, 0.2) is 5.78 Å². The van der Waals surface area contributed by atoms with Crippen molar-refractivity contribution < 1.29 is 4.79 Å². The summed E-state index contributed by atoms with van der Waals surface area (Å²) in [6, 6.07) is 0. The van der Waals surface area contributed by atoms with E-state index in [0.717, 1.165) is 12.8 Å². The summed E-state index contributed by atoms with van der Waals surface area (Å²) in [6.45, 7) is 10.5. The fourth-order valence-corrected chi connectivity index (χ4v) is 2.63. The molecule has 92 valence electrons. The van der Waals surface area contributed by atoms with E-state index in [0.29, 0.717) is 18.3 Å². The molecule has 17 heavy (non-hydrogen) atoms. The minimum Gasteiger partial charge on any atom is -0.295 e. The maximum absolute atomic E-state index is 11.4. The predicted octanol–water partition coefficient (Wildman–Crippen LogP) is 3.59. The summed E-state index contributed by atoms with van der Waals surface area (Å²) in [7, 11) is -1.28. The molecule has 2 heteroatoms. The van der Waals surface area contributed by atoms with Crippen LogP contribution in [-0.4, -0.2) is 13.9 Å². The first kappa shape index (κ1) is 14.0. The third-order valence-electron chi connectivity index (χ3n) is 2.86. The number of hydrogen-bond acceptors (Lipinski definition) is 1. The van der Waals surface area contributed by atoms with Gasteiger partial charge < -0.3 is 0 Å². The van der Waals surface area contributed by atoms with Crippen LogP contribution in [0.1, 0.15) is 19.3 Å². The quantitative estimate of drug-likeness (QED) is 0.422. The van der Waals surface area contributed by atoms with E-state index in [2.05, 4.69) is 37.7 Å². The van der Waals surface area contributed by atoms with E-state index in [1.807, 2.05) is 12.2 Å². The fraction of sp³-hybridized carbons (Fsp3) is 0.533. The van der Waals surface area contributed by atoms with E-state index in [1.165, 1.54) is 0 Å². The average molecular weight is 246 g/mol. The van der Waals surface area contributed by atoms with Gasteiger partial charge in [0, 0.05) is 12.8 Å². The molecule has 2 atom stereocenters.